The molecule has 17 heavy (non-hydrogen) atoms. The van der Waals surface area contributed by atoms with Gasteiger partial charge in [-0.15, -0.1) is 0 Å². The van der Waals surface area contributed by atoms with Crippen LogP contribution in [0.4, 0.5) is 0 Å². The first-order valence-corrected chi connectivity index (χ1v) is 7.45. The highest BCUT2D eigenvalue weighted by atomic mass is 16.5. The van der Waals surface area contributed by atoms with E-state index in [1.165, 1.54) is 32.1 Å². The van der Waals surface area contributed by atoms with Crippen molar-refractivity contribution in [2.24, 2.45) is 11.3 Å². The van der Waals surface area contributed by atoms with Crippen LogP contribution in [0.15, 0.2) is 0 Å². The molecule has 100 valence electrons. The Morgan fingerprint density at radius 1 is 1.06 bits per heavy atom. The molecule has 0 aromatic rings. The molecule has 1 aliphatic carbocycles. The van der Waals surface area contributed by atoms with E-state index in [-0.39, 0.29) is 0 Å². The second-order valence-corrected chi connectivity index (χ2v) is 6.50. The normalized spacial score (nSPS) is 32.6. The van der Waals surface area contributed by atoms with Gasteiger partial charge in [-0.2, -0.15) is 0 Å². The largest absolute Gasteiger partial charge is 0.379 e. The van der Waals surface area contributed by atoms with E-state index >= 15 is 0 Å². The van der Waals surface area contributed by atoms with Gasteiger partial charge in [0.25, 0.3) is 0 Å². The predicted molar refractivity (Wildman–Crippen MR) is 72.2 cm³/mol. The molecule has 2 fully saturated rings. The highest BCUT2D eigenvalue weighted by Crippen LogP contribution is 2.41. The molecule has 0 N–H and O–H groups in total. The first-order chi connectivity index (χ1) is 8.13. The molecule has 1 heterocycles. The summed E-state index contributed by atoms with van der Waals surface area (Å²) in [5, 5.41) is 0. The Bertz CT molecular complexity index is 225. The van der Waals surface area contributed by atoms with Crippen LogP contribution in [0.25, 0.3) is 0 Å². The molecule has 0 bridgehead atoms. The fourth-order valence-corrected chi connectivity index (χ4v) is 3.45. The van der Waals surface area contributed by atoms with E-state index in [1.807, 2.05) is 0 Å². The van der Waals surface area contributed by atoms with Crippen LogP contribution in [-0.2, 0) is 4.74 Å². The zero-order valence-electron chi connectivity index (χ0n) is 11.9. The van der Waals surface area contributed by atoms with Crippen LogP contribution in [0.1, 0.15) is 52.9 Å². The van der Waals surface area contributed by atoms with Gasteiger partial charge in [0.05, 0.1) is 13.2 Å². The molecule has 1 saturated heterocycles. The van der Waals surface area contributed by atoms with Crippen LogP contribution in [0.2, 0.25) is 0 Å². The van der Waals surface area contributed by atoms with Crippen LogP contribution in [-0.4, -0.2) is 37.2 Å². The summed E-state index contributed by atoms with van der Waals surface area (Å²) in [6, 6.07) is 0.850. The van der Waals surface area contributed by atoms with Crippen molar-refractivity contribution >= 4 is 0 Å². The summed E-state index contributed by atoms with van der Waals surface area (Å²) in [4.78, 5) is 2.67. The van der Waals surface area contributed by atoms with E-state index in [4.69, 9.17) is 4.74 Å². The minimum absolute atomic E-state index is 0.552. The molecule has 0 radical (unpaired) electrons. The summed E-state index contributed by atoms with van der Waals surface area (Å²) in [6.45, 7) is 11.5. The smallest absolute Gasteiger partial charge is 0.0594 e. The van der Waals surface area contributed by atoms with Gasteiger partial charge in [0, 0.05) is 19.1 Å². The van der Waals surface area contributed by atoms with E-state index in [0.717, 1.165) is 38.3 Å². The molecular weight excluding hydrogens is 210 g/mol. The molecule has 1 saturated carbocycles. The van der Waals surface area contributed by atoms with Gasteiger partial charge in [-0.25, -0.2) is 0 Å². The number of rotatable bonds is 3. The van der Waals surface area contributed by atoms with Crippen LogP contribution < -0.4 is 0 Å². The van der Waals surface area contributed by atoms with E-state index in [9.17, 15) is 0 Å². The quantitative estimate of drug-likeness (QED) is 0.749. The minimum Gasteiger partial charge on any atom is -0.379 e. The third-order valence-corrected chi connectivity index (χ3v) is 5.28. The Kier molecular flexibility index (Phi) is 4.48. The molecule has 2 rings (SSSR count). The Morgan fingerprint density at radius 3 is 2.18 bits per heavy atom. The standard InChI is InChI=1S/C15H29NO/c1-4-15(2,3)13-5-7-14(8-6-13)16-9-11-17-12-10-16/h13-14H,4-12H2,1-3H3. The lowest BCUT2D eigenvalue weighted by atomic mass is 9.68. The Hall–Kier alpha value is -0.0800. The van der Waals surface area contributed by atoms with E-state index in [1.54, 1.807) is 0 Å². The second-order valence-electron chi connectivity index (χ2n) is 6.50. The van der Waals surface area contributed by atoms with Crippen molar-refractivity contribution in [1.82, 2.24) is 4.90 Å². The van der Waals surface area contributed by atoms with Gasteiger partial charge in [-0.05, 0) is 37.0 Å². The fraction of sp³-hybridized carbons (Fsp3) is 1.00. The van der Waals surface area contributed by atoms with Gasteiger partial charge in [-0.1, -0.05) is 27.2 Å². The maximum absolute atomic E-state index is 5.44. The average molecular weight is 239 g/mol. The van der Waals surface area contributed by atoms with Crippen molar-refractivity contribution in [3.8, 4) is 0 Å². The number of morpholine rings is 1. The molecule has 2 nitrogen and oxygen atoms in total. The summed E-state index contributed by atoms with van der Waals surface area (Å²) in [5.41, 5.74) is 0.552. The summed E-state index contributed by atoms with van der Waals surface area (Å²) in [6.07, 6.45) is 7.01. The van der Waals surface area contributed by atoms with Crippen molar-refractivity contribution in [2.45, 2.75) is 58.9 Å². The van der Waals surface area contributed by atoms with Crippen molar-refractivity contribution in [2.75, 3.05) is 26.3 Å². The highest BCUT2D eigenvalue weighted by molar-refractivity contribution is 4.86. The van der Waals surface area contributed by atoms with Gasteiger partial charge < -0.3 is 4.74 Å². The second kappa shape index (κ2) is 5.71. The Labute approximate surface area is 107 Å². The first-order valence-electron chi connectivity index (χ1n) is 7.45. The molecule has 0 atom stereocenters. The lowest BCUT2D eigenvalue weighted by Crippen LogP contribution is -2.45. The minimum atomic E-state index is 0.552. The molecule has 0 unspecified atom stereocenters. The van der Waals surface area contributed by atoms with Crippen LogP contribution in [0.3, 0.4) is 0 Å². The topological polar surface area (TPSA) is 12.5 Å². The van der Waals surface area contributed by atoms with Gasteiger partial charge >= 0.3 is 0 Å². The lowest BCUT2D eigenvalue weighted by Gasteiger charge is -2.43. The van der Waals surface area contributed by atoms with Crippen LogP contribution in [0.5, 0.6) is 0 Å². The molecular formula is C15H29NO. The summed E-state index contributed by atoms with van der Waals surface area (Å²) >= 11 is 0. The maximum atomic E-state index is 5.44. The van der Waals surface area contributed by atoms with Crippen molar-refractivity contribution in [3.63, 3.8) is 0 Å². The first kappa shape index (κ1) is 13.4. The summed E-state index contributed by atoms with van der Waals surface area (Å²) in [5.74, 6) is 0.949. The third-order valence-electron chi connectivity index (χ3n) is 5.28. The van der Waals surface area contributed by atoms with Crippen molar-refractivity contribution in [1.29, 1.82) is 0 Å². The highest BCUT2D eigenvalue weighted by Gasteiger charge is 2.33. The summed E-state index contributed by atoms with van der Waals surface area (Å²) in [7, 11) is 0. The van der Waals surface area contributed by atoms with E-state index in [2.05, 4.69) is 25.7 Å². The Balaban J connectivity index is 1.81. The van der Waals surface area contributed by atoms with Crippen molar-refractivity contribution in [3.05, 3.63) is 0 Å². The third kappa shape index (κ3) is 3.23. The molecule has 0 amide bonds. The molecule has 2 aliphatic rings. The molecule has 2 heteroatoms. The van der Waals surface area contributed by atoms with Gasteiger partial charge in [-0.3, -0.25) is 4.90 Å². The van der Waals surface area contributed by atoms with E-state index in [0.29, 0.717) is 5.41 Å². The lowest BCUT2D eigenvalue weighted by molar-refractivity contribution is -0.00208. The number of hydrogen-bond acceptors (Lipinski definition) is 2. The van der Waals surface area contributed by atoms with Crippen LogP contribution >= 0.6 is 0 Å². The maximum Gasteiger partial charge on any atom is 0.0594 e. The zero-order valence-corrected chi connectivity index (χ0v) is 11.9. The molecule has 0 spiro atoms. The van der Waals surface area contributed by atoms with Gasteiger partial charge in [0.1, 0.15) is 0 Å². The molecule has 0 aromatic heterocycles. The zero-order chi connectivity index (χ0) is 12.3. The van der Waals surface area contributed by atoms with Crippen molar-refractivity contribution < 1.29 is 4.74 Å². The summed E-state index contributed by atoms with van der Waals surface area (Å²) < 4.78 is 5.44. The number of nitrogens with zero attached hydrogens (tertiary/aromatic N) is 1. The average Bonchev–Trinajstić information content (AvgIpc) is 2.40. The number of hydrogen-bond donors (Lipinski definition) is 0. The monoisotopic (exact) mass is 239 g/mol. The number of ether oxygens (including phenoxy) is 1. The van der Waals surface area contributed by atoms with Gasteiger partial charge in [0.2, 0.25) is 0 Å². The fourth-order valence-electron chi connectivity index (χ4n) is 3.45. The molecule has 0 aromatic carbocycles. The van der Waals surface area contributed by atoms with E-state index < -0.39 is 0 Å². The SMILES string of the molecule is CCC(C)(C)C1CCC(N2CCOCC2)CC1. The predicted octanol–water partition coefficient (Wildman–Crippen LogP) is 3.31. The van der Waals surface area contributed by atoms with Gasteiger partial charge in [0.15, 0.2) is 0 Å². The molecule has 1 aliphatic heterocycles. The van der Waals surface area contributed by atoms with Crippen LogP contribution in [0, 0.1) is 11.3 Å². The Morgan fingerprint density at radius 2 is 1.65 bits per heavy atom.